The molecule has 0 spiro atoms. The lowest BCUT2D eigenvalue weighted by atomic mass is 10.1. The van der Waals surface area contributed by atoms with Crippen molar-refractivity contribution >= 4 is 34.9 Å². The summed E-state index contributed by atoms with van der Waals surface area (Å²) in [4.78, 5) is 26.0. The summed E-state index contributed by atoms with van der Waals surface area (Å²) in [6, 6.07) is 4.56. The molecule has 0 aliphatic carbocycles. The molecule has 1 N–H and O–H groups in total. The predicted molar refractivity (Wildman–Crippen MR) is 79.5 cm³/mol. The van der Waals surface area contributed by atoms with Gasteiger partial charge in [0.2, 0.25) is 5.91 Å². The highest BCUT2D eigenvalue weighted by molar-refractivity contribution is 6.36. The number of hydrogen-bond donors (Lipinski definition) is 1. The summed E-state index contributed by atoms with van der Waals surface area (Å²) in [5.41, 5.74) is 0.403. The zero-order chi connectivity index (χ0) is 14.7. The van der Waals surface area contributed by atoms with E-state index in [4.69, 9.17) is 23.2 Å². The van der Waals surface area contributed by atoms with E-state index in [2.05, 4.69) is 5.32 Å². The molecular weight excluding hydrogens is 299 g/mol. The van der Waals surface area contributed by atoms with Crippen LogP contribution in [-0.4, -0.2) is 42.3 Å². The lowest BCUT2D eigenvalue weighted by Gasteiger charge is -2.33. The topological polar surface area (TPSA) is 49.4 Å². The molecule has 1 aliphatic rings. The van der Waals surface area contributed by atoms with Crippen LogP contribution in [-0.2, 0) is 4.79 Å². The van der Waals surface area contributed by atoms with E-state index in [0.29, 0.717) is 35.1 Å². The molecule has 6 heteroatoms. The van der Waals surface area contributed by atoms with Gasteiger partial charge in [0.1, 0.15) is 0 Å². The van der Waals surface area contributed by atoms with Crippen LogP contribution in [0.5, 0.6) is 0 Å². The monoisotopic (exact) mass is 314 g/mol. The number of carbonyl (C=O) groups is 2. The van der Waals surface area contributed by atoms with Gasteiger partial charge in [0.15, 0.2) is 5.78 Å². The lowest BCUT2D eigenvalue weighted by molar-refractivity contribution is -0.128. The first-order valence-corrected chi connectivity index (χ1v) is 7.28. The van der Waals surface area contributed by atoms with Gasteiger partial charge in [-0.05, 0) is 24.6 Å². The number of carbonyl (C=O) groups excluding carboxylic acids is 2. The molecule has 1 fully saturated rings. The fourth-order valence-corrected chi connectivity index (χ4v) is 2.77. The van der Waals surface area contributed by atoms with Gasteiger partial charge in [0.25, 0.3) is 0 Å². The molecule has 0 aromatic heterocycles. The van der Waals surface area contributed by atoms with Gasteiger partial charge in [-0.2, -0.15) is 0 Å². The summed E-state index contributed by atoms with van der Waals surface area (Å²) in [6.07, 6.45) is 0.669. The number of nitrogens with zero attached hydrogens (tertiary/aromatic N) is 1. The molecular formula is C14H16Cl2N2O2. The van der Waals surface area contributed by atoms with E-state index in [-0.39, 0.29) is 24.3 Å². The fourth-order valence-electron chi connectivity index (χ4n) is 2.38. The minimum atomic E-state index is -0.259. The smallest absolute Gasteiger partial charge is 0.237 e. The second-order valence-corrected chi connectivity index (χ2v) is 5.58. The number of hydrogen-bond acceptors (Lipinski definition) is 3. The Morgan fingerprint density at radius 2 is 2.20 bits per heavy atom. The highest BCUT2D eigenvalue weighted by Gasteiger charge is 2.29. The van der Waals surface area contributed by atoms with E-state index in [1.165, 1.54) is 0 Å². The Morgan fingerprint density at radius 1 is 1.45 bits per heavy atom. The first-order valence-electron chi connectivity index (χ1n) is 6.53. The van der Waals surface area contributed by atoms with Crippen LogP contribution < -0.4 is 5.32 Å². The highest BCUT2D eigenvalue weighted by Crippen LogP contribution is 2.22. The highest BCUT2D eigenvalue weighted by atomic mass is 35.5. The second-order valence-electron chi connectivity index (χ2n) is 4.73. The predicted octanol–water partition coefficient (Wildman–Crippen LogP) is 2.39. The molecule has 4 nitrogen and oxygen atoms in total. The van der Waals surface area contributed by atoms with Gasteiger partial charge >= 0.3 is 0 Å². The summed E-state index contributed by atoms with van der Waals surface area (Å²) in [7, 11) is 0. The average Bonchev–Trinajstić information content (AvgIpc) is 2.41. The average molecular weight is 315 g/mol. The molecule has 0 saturated carbocycles. The van der Waals surface area contributed by atoms with E-state index >= 15 is 0 Å². The van der Waals surface area contributed by atoms with Gasteiger partial charge in [-0.3, -0.25) is 14.5 Å². The van der Waals surface area contributed by atoms with E-state index in [1.54, 1.807) is 18.2 Å². The van der Waals surface area contributed by atoms with Crippen LogP contribution >= 0.6 is 23.2 Å². The molecule has 0 radical (unpaired) electrons. The molecule has 1 saturated heterocycles. The maximum Gasteiger partial charge on any atom is 0.237 e. The molecule has 1 unspecified atom stereocenters. The molecule has 1 heterocycles. The summed E-state index contributed by atoms with van der Waals surface area (Å²) >= 11 is 11.9. The van der Waals surface area contributed by atoms with Crippen LogP contribution in [0.4, 0.5) is 0 Å². The van der Waals surface area contributed by atoms with Crippen LogP contribution in [0, 0.1) is 0 Å². The molecule has 1 amide bonds. The summed E-state index contributed by atoms with van der Waals surface area (Å²) in [6.45, 7) is 3.32. The van der Waals surface area contributed by atoms with Gasteiger partial charge in [-0.1, -0.05) is 30.1 Å². The third kappa shape index (κ3) is 3.32. The Hall–Kier alpha value is -1.10. The number of rotatable bonds is 4. The summed E-state index contributed by atoms with van der Waals surface area (Å²) in [5, 5.41) is 3.66. The van der Waals surface area contributed by atoms with Crippen molar-refractivity contribution in [1.82, 2.24) is 10.2 Å². The molecule has 0 bridgehead atoms. The Labute approximate surface area is 128 Å². The zero-order valence-electron chi connectivity index (χ0n) is 11.2. The molecule has 108 valence electrons. The summed E-state index contributed by atoms with van der Waals surface area (Å²) in [5.74, 6) is -0.144. The third-order valence-electron chi connectivity index (χ3n) is 3.40. The number of Topliss-reactive ketones (excluding diaryl/α,β-unsaturated/α-hetero) is 1. The number of piperazine rings is 1. The Balaban J connectivity index is 2.14. The maximum atomic E-state index is 12.3. The van der Waals surface area contributed by atoms with Gasteiger partial charge in [0, 0.05) is 23.7 Å². The largest absolute Gasteiger partial charge is 0.353 e. The van der Waals surface area contributed by atoms with Crippen molar-refractivity contribution < 1.29 is 9.59 Å². The molecule has 1 aromatic rings. The molecule has 20 heavy (non-hydrogen) atoms. The van der Waals surface area contributed by atoms with Crippen molar-refractivity contribution in [3.8, 4) is 0 Å². The van der Waals surface area contributed by atoms with Gasteiger partial charge in [-0.15, -0.1) is 0 Å². The van der Waals surface area contributed by atoms with Crippen molar-refractivity contribution in [3.05, 3.63) is 33.8 Å². The number of halogens is 2. The Kier molecular flexibility index (Phi) is 5.02. The minimum Gasteiger partial charge on any atom is -0.353 e. The van der Waals surface area contributed by atoms with E-state index in [9.17, 15) is 9.59 Å². The molecule has 2 rings (SSSR count). The van der Waals surface area contributed by atoms with E-state index < -0.39 is 0 Å². The molecule has 1 atom stereocenters. The van der Waals surface area contributed by atoms with Crippen molar-refractivity contribution in [2.24, 2.45) is 0 Å². The SMILES string of the molecule is CCC1C(=O)NCCN1CC(=O)c1cc(Cl)ccc1Cl. The van der Waals surface area contributed by atoms with Gasteiger partial charge in [-0.25, -0.2) is 0 Å². The Bertz CT molecular complexity index is 534. The lowest BCUT2D eigenvalue weighted by Crippen LogP contribution is -2.56. The van der Waals surface area contributed by atoms with E-state index in [0.717, 1.165) is 0 Å². The first-order chi connectivity index (χ1) is 9.52. The molecule has 1 aliphatic heterocycles. The number of ketones is 1. The Morgan fingerprint density at radius 3 is 2.90 bits per heavy atom. The normalized spacial score (nSPS) is 19.8. The zero-order valence-corrected chi connectivity index (χ0v) is 12.7. The van der Waals surface area contributed by atoms with Crippen LogP contribution in [0.1, 0.15) is 23.7 Å². The van der Waals surface area contributed by atoms with Crippen LogP contribution in [0.3, 0.4) is 0 Å². The minimum absolute atomic E-state index is 0.0243. The quantitative estimate of drug-likeness (QED) is 0.868. The first kappa shape index (κ1) is 15.3. The number of nitrogens with one attached hydrogen (secondary N) is 1. The van der Waals surface area contributed by atoms with E-state index in [1.807, 2.05) is 11.8 Å². The van der Waals surface area contributed by atoms with Crippen LogP contribution in [0.15, 0.2) is 18.2 Å². The van der Waals surface area contributed by atoms with Crippen molar-refractivity contribution in [3.63, 3.8) is 0 Å². The standard InChI is InChI=1S/C14H16Cl2N2O2/c1-2-12-14(20)17-5-6-18(12)8-13(19)10-7-9(15)3-4-11(10)16/h3-4,7,12H,2,5-6,8H2,1H3,(H,17,20). The third-order valence-corrected chi connectivity index (χ3v) is 3.97. The van der Waals surface area contributed by atoms with Crippen molar-refractivity contribution in [1.29, 1.82) is 0 Å². The van der Waals surface area contributed by atoms with Gasteiger partial charge in [0.05, 0.1) is 17.6 Å². The van der Waals surface area contributed by atoms with Crippen molar-refractivity contribution in [2.45, 2.75) is 19.4 Å². The number of benzene rings is 1. The number of amides is 1. The van der Waals surface area contributed by atoms with Gasteiger partial charge < -0.3 is 5.32 Å². The van der Waals surface area contributed by atoms with Crippen molar-refractivity contribution in [2.75, 3.05) is 19.6 Å². The second kappa shape index (κ2) is 6.57. The summed E-state index contributed by atoms with van der Waals surface area (Å²) < 4.78 is 0. The fraction of sp³-hybridized carbons (Fsp3) is 0.429. The molecule has 1 aromatic carbocycles. The van der Waals surface area contributed by atoms with Crippen LogP contribution in [0.25, 0.3) is 0 Å². The maximum absolute atomic E-state index is 12.3. The van der Waals surface area contributed by atoms with Crippen LogP contribution in [0.2, 0.25) is 10.0 Å².